The van der Waals surface area contributed by atoms with Gasteiger partial charge in [0.1, 0.15) is 0 Å². The zero-order valence-corrected chi connectivity index (χ0v) is 7.90. The molecule has 0 aliphatic heterocycles. The third-order valence-corrected chi connectivity index (χ3v) is 1.24. The molecular weight excluding hydrogens is 170 g/mol. The first-order valence-corrected chi connectivity index (χ1v) is 3.70. The van der Waals surface area contributed by atoms with Crippen molar-refractivity contribution in [3.63, 3.8) is 0 Å². The Morgan fingerprint density at radius 3 is 2.31 bits per heavy atom. The van der Waals surface area contributed by atoms with Gasteiger partial charge < -0.3 is 10.8 Å². The van der Waals surface area contributed by atoms with Crippen LogP contribution in [0.5, 0.6) is 0 Å². The number of nitrogens with zero attached hydrogens (tertiary/aromatic N) is 2. The first kappa shape index (κ1) is 11.4. The van der Waals surface area contributed by atoms with Gasteiger partial charge in [-0.25, -0.2) is 9.79 Å². The molecule has 0 aromatic heterocycles. The van der Waals surface area contributed by atoms with Crippen LogP contribution in [0.4, 0.5) is 0 Å². The lowest BCUT2D eigenvalue weighted by molar-refractivity contribution is -0.129. The number of hydrogen-bond acceptors (Lipinski definition) is 3. The predicted octanol–water partition coefficient (Wildman–Crippen LogP) is 0.423. The average Bonchev–Trinajstić information content (AvgIpc) is 2.02. The minimum absolute atomic E-state index is 0.0905. The van der Waals surface area contributed by atoms with Gasteiger partial charge in [-0.1, -0.05) is 6.08 Å². The molecule has 5 heteroatoms. The number of aliphatic imine (C=N–C) groups is 2. The zero-order chi connectivity index (χ0) is 10.4. The van der Waals surface area contributed by atoms with Gasteiger partial charge in [-0.3, -0.25) is 4.99 Å². The first-order chi connectivity index (χ1) is 6.02. The molecular formula is C8H13N3O2. The summed E-state index contributed by atoms with van der Waals surface area (Å²) in [7, 11) is 1.40. The molecule has 0 unspecified atom stereocenters. The highest BCUT2D eigenvalue weighted by Gasteiger charge is 2.12. The summed E-state index contributed by atoms with van der Waals surface area (Å²) in [6.07, 6.45) is 1.55. The number of hydrogen-bond donors (Lipinski definition) is 2. The van der Waals surface area contributed by atoms with Gasteiger partial charge >= 0.3 is 5.97 Å². The van der Waals surface area contributed by atoms with Crippen molar-refractivity contribution in [2.75, 3.05) is 7.05 Å². The lowest BCUT2D eigenvalue weighted by atomic mass is 10.2. The molecule has 0 aromatic carbocycles. The lowest BCUT2D eigenvalue weighted by Gasteiger charge is -2.00. The van der Waals surface area contributed by atoms with Gasteiger partial charge in [0.05, 0.1) is 11.5 Å². The number of aliphatic carboxylic acids is 1. The van der Waals surface area contributed by atoms with E-state index in [1.807, 2.05) is 0 Å². The van der Waals surface area contributed by atoms with Crippen LogP contribution in [0.1, 0.15) is 13.8 Å². The Kier molecular flexibility index (Phi) is 4.43. The Bertz CT molecular complexity index is 286. The molecule has 0 atom stereocenters. The summed E-state index contributed by atoms with van der Waals surface area (Å²) < 4.78 is 0. The predicted molar refractivity (Wildman–Crippen MR) is 52.0 cm³/mol. The molecule has 0 aliphatic carbocycles. The van der Waals surface area contributed by atoms with Gasteiger partial charge in [0.15, 0.2) is 5.71 Å². The van der Waals surface area contributed by atoms with E-state index in [1.54, 1.807) is 19.9 Å². The third-order valence-electron chi connectivity index (χ3n) is 1.24. The Labute approximate surface area is 76.7 Å². The van der Waals surface area contributed by atoms with E-state index in [4.69, 9.17) is 10.8 Å². The second-order valence-electron chi connectivity index (χ2n) is 2.30. The van der Waals surface area contributed by atoms with Crippen molar-refractivity contribution in [3.05, 3.63) is 11.8 Å². The van der Waals surface area contributed by atoms with E-state index in [9.17, 15) is 4.79 Å². The van der Waals surface area contributed by atoms with Crippen molar-refractivity contribution in [1.82, 2.24) is 0 Å². The quantitative estimate of drug-likeness (QED) is 0.491. The SMILES string of the molecule is C/C=C(\N=C(C)N)C(=NC)C(=O)O. The van der Waals surface area contributed by atoms with Gasteiger partial charge in [0, 0.05) is 7.05 Å². The summed E-state index contributed by atoms with van der Waals surface area (Å²) in [6.45, 7) is 3.26. The van der Waals surface area contributed by atoms with E-state index in [0.717, 1.165) is 0 Å². The van der Waals surface area contributed by atoms with Crippen molar-refractivity contribution in [1.29, 1.82) is 0 Å². The van der Waals surface area contributed by atoms with Crippen LogP contribution in [0, 0.1) is 0 Å². The van der Waals surface area contributed by atoms with Crippen molar-refractivity contribution in [2.45, 2.75) is 13.8 Å². The molecule has 0 saturated carbocycles. The highest BCUT2D eigenvalue weighted by atomic mass is 16.4. The van der Waals surface area contributed by atoms with Crippen molar-refractivity contribution < 1.29 is 9.90 Å². The molecule has 72 valence electrons. The van der Waals surface area contributed by atoms with E-state index in [0.29, 0.717) is 5.84 Å². The molecule has 0 spiro atoms. The molecule has 3 N–H and O–H groups in total. The maximum absolute atomic E-state index is 10.6. The number of rotatable bonds is 3. The zero-order valence-electron chi connectivity index (χ0n) is 7.90. The van der Waals surface area contributed by atoms with Crippen LogP contribution in [0.25, 0.3) is 0 Å². The minimum Gasteiger partial charge on any atom is -0.476 e. The molecule has 0 amide bonds. The Hall–Kier alpha value is -1.65. The lowest BCUT2D eigenvalue weighted by Crippen LogP contribution is -2.17. The minimum atomic E-state index is -1.11. The summed E-state index contributed by atoms with van der Waals surface area (Å²) in [5.74, 6) is -0.809. The average molecular weight is 183 g/mol. The monoisotopic (exact) mass is 183 g/mol. The molecule has 0 saturated heterocycles. The Balaban J connectivity index is 5.01. The molecule has 5 nitrogen and oxygen atoms in total. The number of allylic oxidation sites excluding steroid dienone is 1. The normalized spacial score (nSPS) is 14.5. The highest BCUT2D eigenvalue weighted by Crippen LogP contribution is 2.01. The Morgan fingerprint density at radius 2 is 2.08 bits per heavy atom. The largest absolute Gasteiger partial charge is 0.476 e. The maximum atomic E-state index is 10.6. The topological polar surface area (TPSA) is 88.0 Å². The summed E-state index contributed by atoms with van der Waals surface area (Å²) in [5, 5.41) is 8.71. The summed E-state index contributed by atoms with van der Waals surface area (Å²) in [6, 6.07) is 0. The van der Waals surface area contributed by atoms with Gasteiger partial charge in [0.2, 0.25) is 0 Å². The summed E-state index contributed by atoms with van der Waals surface area (Å²) in [5.41, 5.74) is 5.51. The maximum Gasteiger partial charge on any atom is 0.356 e. The van der Waals surface area contributed by atoms with Gasteiger partial charge in [-0.05, 0) is 13.8 Å². The van der Waals surface area contributed by atoms with Gasteiger partial charge in [-0.15, -0.1) is 0 Å². The number of carboxylic acid groups (broad SMARTS) is 1. The molecule has 0 heterocycles. The first-order valence-electron chi connectivity index (χ1n) is 3.70. The fourth-order valence-corrected chi connectivity index (χ4v) is 0.764. The second kappa shape index (κ2) is 5.08. The van der Waals surface area contributed by atoms with E-state index >= 15 is 0 Å². The van der Waals surface area contributed by atoms with Crippen LogP contribution in [-0.4, -0.2) is 29.7 Å². The van der Waals surface area contributed by atoms with Crippen LogP contribution >= 0.6 is 0 Å². The standard InChI is InChI=1S/C8H13N3O2/c1-4-6(11-5(2)9)7(10-3)8(12)13/h4H,1-3H3,(H2,9,11)(H,12,13)/b6-4-,10-7?. The summed E-state index contributed by atoms with van der Waals surface area (Å²) in [4.78, 5) is 18.1. The van der Waals surface area contributed by atoms with E-state index in [-0.39, 0.29) is 11.4 Å². The van der Waals surface area contributed by atoms with E-state index in [2.05, 4.69) is 9.98 Å². The van der Waals surface area contributed by atoms with Crippen molar-refractivity contribution >= 4 is 17.5 Å². The molecule has 0 fully saturated rings. The molecule has 0 aromatic rings. The molecule has 0 aliphatic rings. The molecule has 0 bridgehead atoms. The number of amidine groups is 1. The van der Waals surface area contributed by atoms with Crippen LogP contribution < -0.4 is 5.73 Å². The van der Waals surface area contributed by atoms with Gasteiger partial charge in [-0.2, -0.15) is 0 Å². The Morgan fingerprint density at radius 1 is 1.54 bits per heavy atom. The number of nitrogens with two attached hydrogens (primary N) is 1. The molecule has 13 heavy (non-hydrogen) atoms. The van der Waals surface area contributed by atoms with Crippen LogP contribution in [0.2, 0.25) is 0 Å². The fraction of sp³-hybridized carbons (Fsp3) is 0.375. The van der Waals surface area contributed by atoms with Crippen LogP contribution in [-0.2, 0) is 4.79 Å². The highest BCUT2D eigenvalue weighted by molar-refractivity contribution is 6.42. The second-order valence-corrected chi connectivity index (χ2v) is 2.30. The smallest absolute Gasteiger partial charge is 0.356 e. The third kappa shape index (κ3) is 3.50. The molecule has 0 radical (unpaired) electrons. The fourth-order valence-electron chi connectivity index (χ4n) is 0.764. The van der Waals surface area contributed by atoms with Crippen LogP contribution in [0.3, 0.4) is 0 Å². The number of carbonyl (C=O) groups is 1. The van der Waals surface area contributed by atoms with Crippen LogP contribution in [0.15, 0.2) is 21.8 Å². The van der Waals surface area contributed by atoms with E-state index in [1.165, 1.54) is 7.05 Å². The van der Waals surface area contributed by atoms with Gasteiger partial charge in [0.25, 0.3) is 0 Å². The molecule has 0 rings (SSSR count). The van der Waals surface area contributed by atoms with Crippen molar-refractivity contribution in [3.8, 4) is 0 Å². The number of carboxylic acids is 1. The van der Waals surface area contributed by atoms with Crippen molar-refractivity contribution in [2.24, 2.45) is 15.7 Å². The van der Waals surface area contributed by atoms with E-state index < -0.39 is 5.97 Å². The summed E-state index contributed by atoms with van der Waals surface area (Å²) >= 11 is 0.